The summed E-state index contributed by atoms with van der Waals surface area (Å²) in [5, 5.41) is 1.21. The van der Waals surface area contributed by atoms with E-state index < -0.39 is 27.3 Å². The van der Waals surface area contributed by atoms with Crippen molar-refractivity contribution in [2.45, 2.75) is 5.51 Å². The summed E-state index contributed by atoms with van der Waals surface area (Å²) < 4.78 is 70.1. The summed E-state index contributed by atoms with van der Waals surface area (Å²) in [5.41, 5.74) is -4.79. The molecule has 0 saturated carbocycles. The van der Waals surface area contributed by atoms with E-state index in [1.807, 2.05) is 0 Å². The Kier molecular flexibility index (Phi) is 5.03. The molecule has 0 amide bonds. The fraction of sp³-hybridized carbons (Fsp3) is 0.105. The Bertz CT molecular complexity index is 1150. The van der Waals surface area contributed by atoms with E-state index in [-0.39, 0.29) is 11.1 Å². The van der Waals surface area contributed by atoms with Crippen molar-refractivity contribution in [3.05, 3.63) is 66.2 Å². The largest absolute Gasteiger partial charge is 0.534 e. The highest BCUT2D eigenvalue weighted by atomic mass is 32.2. The fourth-order valence-corrected chi connectivity index (χ4v) is 3.16. The highest BCUT2D eigenvalue weighted by Gasteiger charge is 2.48. The second kappa shape index (κ2) is 7.16. The second-order valence-corrected chi connectivity index (χ2v) is 7.25. The Morgan fingerprint density at radius 2 is 1.61 bits per heavy atom. The molecule has 3 aromatic rings. The van der Waals surface area contributed by atoms with Gasteiger partial charge in [-0.25, -0.2) is 4.79 Å². The van der Waals surface area contributed by atoms with Gasteiger partial charge in [-0.2, -0.15) is 21.6 Å². The van der Waals surface area contributed by atoms with Gasteiger partial charge in [0.15, 0.2) is 5.75 Å². The molecule has 0 fully saturated rings. The molecule has 0 aliphatic carbocycles. The predicted molar refractivity (Wildman–Crippen MR) is 96.3 cm³/mol. The normalized spacial score (nSPS) is 12.0. The van der Waals surface area contributed by atoms with Crippen molar-refractivity contribution in [3.8, 4) is 16.9 Å². The van der Waals surface area contributed by atoms with Crippen LogP contribution < -0.4 is 4.18 Å². The number of para-hydroxylation sites is 1. The topological polar surface area (TPSA) is 69.7 Å². The van der Waals surface area contributed by atoms with Crippen LogP contribution in [0.2, 0.25) is 0 Å². The molecule has 0 spiro atoms. The number of hydrogen-bond donors (Lipinski definition) is 0. The van der Waals surface area contributed by atoms with Crippen molar-refractivity contribution in [2.75, 3.05) is 7.11 Å². The number of methoxy groups -OCH3 is 1. The lowest BCUT2D eigenvalue weighted by atomic mass is 9.96. The molecule has 28 heavy (non-hydrogen) atoms. The first-order valence-corrected chi connectivity index (χ1v) is 9.26. The van der Waals surface area contributed by atoms with Crippen molar-refractivity contribution < 1.29 is 35.3 Å². The van der Waals surface area contributed by atoms with Gasteiger partial charge in [0.05, 0.1) is 12.7 Å². The molecule has 0 heterocycles. The summed E-state index contributed by atoms with van der Waals surface area (Å²) in [5.74, 6) is -1.06. The molecule has 9 heteroatoms. The molecule has 0 N–H and O–H groups in total. The maximum absolute atomic E-state index is 12.7. The number of alkyl halides is 3. The monoisotopic (exact) mass is 410 g/mol. The first kappa shape index (κ1) is 19.7. The van der Waals surface area contributed by atoms with Gasteiger partial charge in [-0.1, -0.05) is 42.5 Å². The fourth-order valence-electron chi connectivity index (χ4n) is 2.68. The molecule has 0 aromatic heterocycles. The number of carbonyl (C=O) groups is 1. The second-order valence-electron chi connectivity index (χ2n) is 5.71. The SMILES string of the molecule is COC(=O)c1ccc2cccc(-c3ccccc3OS(=O)(=O)C(F)(F)F)c2c1. The average molecular weight is 410 g/mol. The van der Waals surface area contributed by atoms with Crippen LogP contribution in [0.4, 0.5) is 13.2 Å². The maximum atomic E-state index is 12.7. The number of benzene rings is 3. The summed E-state index contributed by atoms with van der Waals surface area (Å²) in [7, 11) is -4.61. The minimum Gasteiger partial charge on any atom is -0.465 e. The van der Waals surface area contributed by atoms with E-state index in [9.17, 15) is 26.4 Å². The van der Waals surface area contributed by atoms with Gasteiger partial charge in [0.1, 0.15) is 0 Å². The molecule has 0 aliphatic heterocycles. The summed E-state index contributed by atoms with van der Waals surface area (Å²) in [6.07, 6.45) is 0. The maximum Gasteiger partial charge on any atom is 0.534 e. The van der Waals surface area contributed by atoms with Crippen LogP contribution in [0.15, 0.2) is 60.7 Å². The van der Waals surface area contributed by atoms with E-state index in [2.05, 4.69) is 8.92 Å². The zero-order valence-corrected chi connectivity index (χ0v) is 15.2. The minimum atomic E-state index is -5.83. The van der Waals surface area contributed by atoms with Gasteiger partial charge >= 0.3 is 21.6 Å². The molecule has 3 rings (SSSR count). The van der Waals surface area contributed by atoms with Gasteiger partial charge in [-0.3, -0.25) is 0 Å². The van der Waals surface area contributed by atoms with E-state index in [0.717, 1.165) is 6.07 Å². The van der Waals surface area contributed by atoms with Gasteiger partial charge in [-0.05, 0) is 34.5 Å². The predicted octanol–water partition coefficient (Wildman–Crippen LogP) is 4.52. The minimum absolute atomic E-state index is 0.128. The van der Waals surface area contributed by atoms with Crippen molar-refractivity contribution in [1.82, 2.24) is 0 Å². The van der Waals surface area contributed by atoms with Crippen LogP contribution in [0.5, 0.6) is 5.75 Å². The average Bonchev–Trinajstić information content (AvgIpc) is 2.66. The van der Waals surface area contributed by atoms with Crippen LogP contribution in [-0.4, -0.2) is 27.0 Å². The molecule has 0 unspecified atom stereocenters. The Morgan fingerprint density at radius 3 is 2.29 bits per heavy atom. The molecule has 146 valence electrons. The molecule has 3 aromatic carbocycles. The van der Waals surface area contributed by atoms with Crippen LogP contribution >= 0.6 is 0 Å². The summed E-state index contributed by atoms with van der Waals surface area (Å²) in [6.45, 7) is 0. The molecule has 0 aliphatic rings. The van der Waals surface area contributed by atoms with Crippen molar-refractivity contribution in [3.63, 3.8) is 0 Å². The Morgan fingerprint density at radius 1 is 0.929 bits per heavy atom. The first-order valence-electron chi connectivity index (χ1n) is 7.85. The van der Waals surface area contributed by atoms with E-state index in [1.54, 1.807) is 30.3 Å². The van der Waals surface area contributed by atoms with E-state index >= 15 is 0 Å². The summed E-state index contributed by atoms with van der Waals surface area (Å²) in [6, 6.07) is 15.2. The Labute approximate surface area is 158 Å². The van der Waals surface area contributed by atoms with Gasteiger partial charge in [0, 0.05) is 5.56 Å². The standard InChI is InChI=1S/C19H13F3O5S/c1-26-18(23)13-10-9-12-5-4-7-14(16(12)11-13)15-6-2-3-8-17(15)27-28(24,25)19(20,21)22/h2-11H,1H3. The number of carbonyl (C=O) groups excluding carboxylic acids is 1. The van der Waals surface area contributed by atoms with Crippen LogP contribution in [0, 0.1) is 0 Å². The van der Waals surface area contributed by atoms with Gasteiger partial charge in [0.2, 0.25) is 0 Å². The number of fused-ring (bicyclic) bond motifs is 1. The molecule has 0 bridgehead atoms. The summed E-state index contributed by atoms with van der Waals surface area (Å²) >= 11 is 0. The molecule has 0 radical (unpaired) electrons. The van der Waals surface area contributed by atoms with Crippen molar-refractivity contribution >= 4 is 26.9 Å². The molecular formula is C19H13F3O5S. The van der Waals surface area contributed by atoms with Crippen LogP contribution in [0.1, 0.15) is 10.4 Å². The highest BCUT2D eigenvalue weighted by molar-refractivity contribution is 7.88. The Balaban J connectivity index is 2.20. The van der Waals surface area contributed by atoms with Crippen molar-refractivity contribution in [2.24, 2.45) is 0 Å². The van der Waals surface area contributed by atoms with Gasteiger partial charge in [0.25, 0.3) is 0 Å². The van der Waals surface area contributed by atoms with E-state index in [1.165, 1.54) is 31.4 Å². The lowest BCUT2D eigenvalue weighted by molar-refractivity contribution is -0.0499. The first-order chi connectivity index (χ1) is 13.1. The third kappa shape index (κ3) is 3.65. The number of rotatable bonds is 4. The van der Waals surface area contributed by atoms with Gasteiger partial charge in [-0.15, -0.1) is 0 Å². The van der Waals surface area contributed by atoms with Gasteiger partial charge < -0.3 is 8.92 Å². The van der Waals surface area contributed by atoms with E-state index in [4.69, 9.17) is 0 Å². The van der Waals surface area contributed by atoms with E-state index in [0.29, 0.717) is 16.3 Å². The quantitative estimate of drug-likeness (QED) is 0.359. The number of halogens is 3. The number of ether oxygens (including phenoxy) is 1. The molecule has 0 atom stereocenters. The lowest BCUT2D eigenvalue weighted by Gasteiger charge is -2.14. The molecule has 5 nitrogen and oxygen atoms in total. The molecule has 0 saturated heterocycles. The van der Waals surface area contributed by atoms with Crippen LogP contribution in [0.3, 0.4) is 0 Å². The third-order valence-electron chi connectivity index (χ3n) is 3.96. The zero-order valence-electron chi connectivity index (χ0n) is 14.4. The smallest absolute Gasteiger partial charge is 0.465 e. The lowest BCUT2D eigenvalue weighted by Crippen LogP contribution is -2.28. The Hall–Kier alpha value is -3.07. The van der Waals surface area contributed by atoms with Crippen LogP contribution in [0.25, 0.3) is 21.9 Å². The number of esters is 1. The summed E-state index contributed by atoms with van der Waals surface area (Å²) in [4.78, 5) is 11.8. The third-order valence-corrected chi connectivity index (χ3v) is 4.93. The highest BCUT2D eigenvalue weighted by Crippen LogP contribution is 2.37. The van der Waals surface area contributed by atoms with Crippen molar-refractivity contribution in [1.29, 1.82) is 0 Å². The van der Waals surface area contributed by atoms with Crippen LogP contribution in [-0.2, 0) is 14.9 Å². The zero-order chi connectivity index (χ0) is 20.5. The molecular weight excluding hydrogens is 397 g/mol. The number of hydrogen-bond acceptors (Lipinski definition) is 5.